The van der Waals surface area contributed by atoms with Crippen LogP contribution >= 0.6 is 7.82 Å². The fraction of sp³-hybridized carbons (Fsp3) is 0.923. The van der Waals surface area contributed by atoms with Crippen LogP contribution in [0.3, 0.4) is 0 Å². The molecule has 2 unspecified atom stereocenters. The maximum Gasteiger partial charge on any atom is 0.472 e. The fourth-order valence-corrected chi connectivity index (χ4v) is 8.67. The molecule has 2 atom stereocenters. The number of esters is 1. The van der Waals surface area contributed by atoms with Crippen LogP contribution < -0.4 is 5.32 Å². The summed E-state index contributed by atoms with van der Waals surface area (Å²) in [6.45, 7) is 3.61. The van der Waals surface area contributed by atoms with Crippen molar-refractivity contribution in [2.75, 3.05) is 26.4 Å². The maximum absolute atomic E-state index is 12.2. The summed E-state index contributed by atoms with van der Waals surface area (Å²) in [4.78, 5) is 34.1. The number of rotatable bonds is 51. The third-order valence-corrected chi connectivity index (χ3v) is 12.9. The van der Waals surface area contributed by atoms with Crippen molar-refractivity contribution in [3.63, 3.8) is 0 Å². The number of unbranched alkanes of at least 4 members (excludes halogenated alkanes) is 36. The number of carbonyl (C=O) groups excluding carboxylic acids is 2. The second-order valence-corrected chi connectivity index (χ2v) is 19.7. The second kappa shape index (κ2) is 49.2. The van der Waals surface area contributed by atoms with Crippen molar-refractivity contribution < 1.29 is 37.9 Å². The van der Waals surface area contributed by atoms with Gasteiger partial charge in [-0.2, -0.15) is 0 Å². The third-order valence-electron chi connectivity index (χ3n) is 11.9. The summed E-state index contributed by atoms with van der Waals surface area (Å²) in [6.07, 6.45) is 54.4. The average molecular weight is 900 g/mol. The van der Waals surface area contributed by atoms with Gasteiger partial charge in [-0.15, -0.1) is 0 Å². The van der Waals surface area contributed by atoms with Crippen molar-refractivity contribution in [3.8, 4) is 0 Å². The van der Waals surface area contributed by atoms with E-state index in [1.54, 1.807) is 0 Å². The SMILES string of the molecule is CCCCCCCC/C=C/CCCCCCCCCCCCCC(=O)OCC(O)COP(=O)(O)OCCNC(=O)CCCCCCCCCCCCCCCCCCCCCC. The molecule has 0 aromatic carbocycles. The summed E-state index contributed by atoms with van der Waals surface area (Å²) in [5, 5.41) is 12.8. The van der Waals surface area contributed by atoms with Crippen LogP contribution in [0.5, 0.6) is 0 Å². The molecule has 0 heterocycles. The number of nitrogens with one attached hydrogen (secondary N) is 1. The third kappa shape index (κ3) is 49.8. The van der Waals surface area contributed by atoms with E-state index in [-0.39, 0.29) is 32.1 Å². The van der Waals surface area contributed by atoms with Crippen LogP contribution in [0, 0.1) is 0 Å². The molecule has 0 radical (unpaired) electrons. The number of carbonyl (C=O) groups is 2. The van der Waals surface area contributed by atoms with E-state index in [1.165, 1.54) is 212 Å². The highest BCUT2D eigenvalue weighted by molar-refractivity contribution is 7.47. The Labute approximate surface area is 383 Å². The highest BCUT2D eigenvalue weighted by atomic mass is 31.2. The summed E-state index contributed by atoms with van der Waals surface area (Å²) in [7, 11) is -4.42. The Hall–Kier alpha value is -1.25. The highest BCUT2D eigenvalue weighted by Gasteiger charge is 2.23. The minimum absolute atomic E-state index is 0.0873. The minimum atomic E-state index is -4.42. The lowest BCUT2D eigenvalue weighted by Gasteiger charge is -2.15. The summed E-state index contributed by atoms with van der Waals surface area (Å²) < 4.78 is 27.0. The standard InChI is InChI=1S/C52H102NO8P/c1-3-5-7-9-11-13-15-17-19-21-23-25-27-29-31-33-35-37-39-41-43-45-52(56)59-48-50(54)49-61-62(57,58)60-47-46-53-51(55)44-42-40-38-36-34-32-30-28-26-24-22-20-18-16-14-12-10-8-6-4-2/h17,19,50,54H,3-16,18,20-49H2,1-2H3,(H,53,55)(H,57,58)/b19-17+. The summed E-state index contributed by atoms with van der Waals surface area (Å²) in [5.41, 5.74) is 0. The van der Waals surface area contributed by atoms with Gasteiger partial charge in [0.05, 0.1) is 13.2 Å². The van der Waals surface area contributed by atoms with Crippen LogP contribution in [0.25, 0.3) is 0 Å². The molecule has 3 N–H and O–H groups in total. The van der Waals surface area contributed by atoms with Gasteiger partial charge in [-0.25, -0.2) is 4.57 Å². The average Bonchev–Trinajstić information content (AvgIpc) is 3.26. The Morgan fingerprint density at radius 2 is 0.823 bits per heavy atom. The van der Waals surface area contributed by atoms with Crippen molar-refractivity contribution in [3.05, 3.63) is 12.2 Å². The van der Waals surface area contributed by atoms with Crippen molar-refractivity contribution in [1.82, 2.24) is 5.32 Å². The monoisotopic (exact) mass is 900 g/mol. The van der Waals surface area contributed by atoms with E-state index in [1.807, 2.05) is 0 Å². The van der Waals surface area contributed by atoms with Crippen molar-refractivity contribution in [1.29, 1.82) is 0 Å². The fourth-order valence-electron chi connectivity index (χ4n) is 7.91. The molecule has 0 aliphatic carbocycles. The van der Waals surface area contributed by atoms with Crippen LogP contribution in [0.15, 0.2) is 12.2 Å². The van der Waals surface area contributed by atoms with Crippen LogP contribution in [0.2, 0.25) is 0 Å². The van der Waals surface area contributed by atoms with Crippen molar-refractivity contribution in [2.24, 2.45) is 0 Å². The molecule has 0 saturated carbocycles. The summed E-state index contributed by atoms with van der Waals surface area (Å²) in [5.74, 6) is -0.502. The first kappa shape index (κ1) is 60.8. The molecule has 0 bridgehead atoms. The first-order valence-corrected chi connectivity index (χ1v) is 28.2. The van der Waals surface area contributed by atoms with Gasteiger partial charge in [0.15, 0.2) is 0 Å². The van der Waals surface area contributed by atoms with Crippen LogP contribution in [0.4, 0.5) is 0 Å². The van der Waals surface area contributed by atoms with E-state index >= 15 is 0 Å². The highest BCUT2D eigenvalue weighted by Crippen LogP contribution is 2.42. The van der Waals surface area contributed by atoms with Crippen LogP contribution in [0.1, 0.15) is 277 Å². The number of phosphoric acid groups is 1. The number of phosphoric ester groups is 1. The van der Waals surface area contributed by atoms with Gasteiger partial charge in [0.2, 0.25) is 5.91 Å². The number of aliphatic hydroxyl groups is 1. The predicted octanol–water partition coefficient (Wildman–Crippen LogP) is 15.7. The topological polar surface area (TPSA) is 131 Å². The molecule has 62 heavy (non-hydrogen) atoms. The zero-order chi connectivity index (χ0) is 45.3. The smallest absolute Gasteiger partial charge is 0.463 e. The Balaban J connectivity index is 3.51. The molecule has 0 spiro atoms. The minimum Gasteiger partial charge on any atom is -0.463 e. The normalized spacial score (nSPS) is 13.2. The molecule has 0 aliphatic rings. The number of hydrogen-bond acceptors (Lipinski definition) is 7. The van der Waals surface area contributed by atoms with Gasteiger partial charge >= 0.3 is 13.8 Å². The molecule has 10 heteroatoms. The first-order valence-electron chi connectivity index (χ1n) is 26.7. The van der Waals surface area contributed by atoms with E-state index < -0.39 is 26.5 Å². The molecule has 0 aromatic heterocycles. The lowest BCUT2D eigenvalue weighted by molar-refractivity contribution is -0.147. The van der Waals surface area contributed by atoms with E-state index in [0.29, 0.717) is 6.42 Å². The number of amides is 1. The van der Waals surface area contributed by atoms with Crippen molar-refractivity contribution in [2.45, 2.75) is 283 Å². The molecular weight excluding hydrogens is 798 g/mol. The molecule has 9 nitrogen and oxygen atoms in total. The second-order valence-electron chi connectivity index (χ2n) is 18.2. The number of ether oxygens (including phenoxy) is 1. The van der Waals surface area contributed by atoms with Crippen LogP contribution in [-0.2, 0) is 27.9 Å². The van der Waals surface area contributed by atoms with Gasteiger partial charge in [0, 0.05) is 19.4 Å². The quantitative estimate of drug-likeness (QED) is 0.0238. The maximum atomic E-state index is 12.2. The van der Waals surface area contributed by atoms with E-state index in [4.69, 9.17) is 13.8 Å². The van der Waals surface area contributed by atoms with Gasteiger partial charge in [-0.1, -0.05) is 238 Å². The van der Waals surface area contributed by atoms with Gasteiger partial charge in [-0.3, -0.25) is 18.6 Å². The lowest BCUT2D eigenvalue weighted by atomic mass is 10.0. The van der Waals surface area contributed by atoms with Crippen LogP contribution in [-0.4, -0.2) is 54.3 Å². The van der Waals surface area contributed by atoms with E-state index in [2.05, 4.69) is 31.3 Å². The molecule has 1 amide bonds. The van der Waals surface area contributed by atoms with Crippen molar-refractivity contribution >= 4 is 19.7 Å². The predicted molar refractivity (Wildman–Crippen MR) is 261 cm³/mol. The summed E-state index contributed by atoms with van der Waals surface area (Å²) in [6, 6.07) is 0. The molecule has 0 fully saturated rings. The zero-order valence-electron chi connectivity index (χ0n) is 40.8. The van der Waals surface area contributed by atoms with Gasteiger partial charge < -0.3 is 20.1 Å². The Kier molecular flexibility index (Phi) is 48.2. The molecule has 0 aliphatic heterocycles. The van der Waals surface area contributed by atoms with E-state index in [0.717, 1.165) is 38.5 Å². The zero-order valence-corrected chi connectivity index (χ0v) is 41.7. The number of aliphatic hydroxyl groups excluding tert-OH is 1. The molecule has 0 saturated heterocycles. The number of hydrogen-bond donors (Lipinski definition) is 3. The first-order chi connectivity index (χ1) is 30.3. The molecule has 0 rings (SSSR count). The number of allylic oxidation sites excluding steroid dienone is 2. The molecular formula is C52H102NO8P. The Bertz CT molecular complexity index is 1030. The molecule has 0 aromatic rings. The Morgan fingerprint density at radius 3 is 1.21 bits per heavy atom. The Morgan fingerprint density at radius 1 is 0.484 bits per heavy atom. The largest absolute Gasteiger partial charge is 0.472 e. The van der Waals surface area contributed by atoms with Gasteiger partial charge in [-0.05, 0) is 38.5 Å². The van der Waals surface area contributed by atoms with Gasteiger partial charge in [0.25, 0.3) is 0 Å². The lowest BCUT2D eigenvalue weighted by Crippen LogP contribution is -2.27. The summed E-state index contributed by atoms with van der Waals surface area (Å²) >= 11 is 0. The van der Waals surface area contributed by atoms with Gasteiger partial charge in [0.1, 0.15) is 12.7 Å². The molecule has 368 valence electrons. The van der Waals surface area contributed by atoms with E-state index in [9.17, 15) is 24.2 Å².